The van der Waals surface area contributed by atoms with Gasteiger partial charge in [-0.1, -0.05) is 23.7 Å². The molecule has 0 saturated heterocycles. The molecule has 0 bridgehead atoms. The third-order valence-electron chi connectivity index (χ3n) is 2.49. The minimum absolute atomic E-state index is 0.224. The Bertz CT molecular complexity index is 535. The monoisotopic (exact) mass is 280 g/mol. The van der Waals surface area contributed by atoms with Crippen LogP contribution < -0.4 is 0 Å². The van der Waals surface area contributed by atoms with Crippen molar-refractivity contribution in [3.8, 4) is 10.4 Å². The predicted octanol–water partition coefficient (Wildman–Crippen LogP) is 4.17. The van der Waals surface area contributed by atoms with E-state index >= 15 is 0 Å². The summed E-state index contributed by atoms with van der Waals surface area (Å²) >= 11 is 7.63. The average molecular weight is 281 g/mol. The van der Waals surface area contributed by atoms with Gasteiger partial charge in [0.05, 0.1) is 13.0 Å². The van der Waals surface area contributed by atoms with Gasteiger partial charge in [-0.25, -0.2) is 0 Å². The Hall–Kier alpha value is -1.32. The maximum Gasteiger partial charge on any atom is 0.310 e. The molecule has 0 unspecified atom stereocenters. The minimum Gasteiger partial charge on any atom is -0.466 e. The van der Waals surface area contributed by atoms with E-state index in [-0.39, 0.29) is 12.4 Å². The van der Waals surface area contributed by atoms with Crippen molar-refractivity contribution in [2.45, 2.75) is 13.3 Å². The van der Waals surface area contributed by atoms with Gasteiger partial charge in [0, 0.05) is 9.90 Å². The smallest absolute Gasteiger partial charge is 0.310 e. The summed E-state index contributed by atoms with van der Waals surface area (Å²) in [6.45, 7) is 2.20. The molecule has 0 radical (unpaired) electrons. The third kappa shape index (κ3) is 3.12. The van der Waals surface area contributed by atoms with Gasteiger partial charge in [0.25, 0.3) is 0 Å². The van der Waals surface area contributed by atoms with Gasteiger partial charge in [0.2, 0.25) is 0 Å². The standard InChI is InChI=1S/C14H13ClO2S/c1-2-17-14(16)9-10-8-11(15)5-6-12(10)13-4-3-7-18-13/h3-8H,2,9H2,1H3. The van der Waals surface area contributed by atoms with Crippen LogP contribution in [-0.2, 0) is 16.0 Å². The number of halogens is 1. The SMILES string of the molecule is CCOC(=O)Cc1cc(Cl)ccc1-c1cccs1. The number of hydrogen-bond acceptors (Lipinski definition) is 3. The van der Waals surface area contributed by atoms with Crippen molar-refractivity contribution < 1.29 is 9.53 Å². The van der Waals surface area contributed by atoms with Crippen LogP contribution in [0.3, 0.4) is 0 Å². The first-order valence-corrected chi connectivity index (χ1v) is 6.94. The van der Waals surface area contributed by atoms with Gasteiger partial charge in [0.1, 0.15) is 0 Å². The third-order valence-corrected chi connectivity index (χ3v) is 3.63. The molecule has 0 aliphatic rings. The molecule has 2 aromatic rings. The topological polar surface area (TPSA) is 26.3 Å². The molecule has 0 fully saturated rings. The Labute approximate surface area is 115 Å². The van der Waals surface area contributed by atoms with Crippen molar-refractivity contribution in [1.29, 1.82) is 0 Å². The zero-order valence-electron chi connectivity index (χ0n) is 9.98. The molecule has 1 aromatic heterocycles. The molecule has 2 rings (SSSR count). The van der Waals surface area contributed by atoms with E-state index < -0.39 is 0 Å². The molecule has 4 heteroatoms. The highest BCUT2D eigenvalue weighted by atomic mass is 35.5. The molecule has 2 nitrogen and oxygen atoms in total. The van der Waals surface area contributed by atoms with Gasteiger partial charge in [-0.15, -0.1) is 11.3 Å². The van der Waals surface area contributed by atoms with Crippen molar-refractivity contribution in [3.05, 3.63) is 46.3 Å². The molecule has 0 amide bonds. The number of thiophene rings is 1. The highest BCUT2D eigenvalue weighted by Gasteiger charge is 2.11. The van der Waals surface area contributed by atoms with Gasteiger partial charge in [-0.05, 0) is 41.6 Å². The second kappa shape index (κ2) is 6.03. The molecule has 94 valence electrons. The van der Waals surface area contributed by atoms with Crippen LogP contribution in [0.15, 0.2) is 35.7 Å². The molecule has 0 N–H and O–H groups in total. The molecule has 0 aliphatic heterocycles. The fourth-order valence-electron chi connectivity index (χ4n) is 1.75. The Kier molecular flexibility index (Phi) is 4.39. The number of hydrogen-bond donors (Lipinski definition) is 0. The van der Waals surface area contributed by atoms with Crippen LogP contribution in [0.5, 0.6) is 0 Å². The van der Waals surface area contributed by atoms with E-state index in [2.05, 4.69) is 0 Å². The summed E-state index contributed by atoms with van der Waals surface area (Å²) in [5, 5.41) is 2.65. The van der Waals surface area contributed by atoms with E-state index in [1.54, 1.807) is 18.3 Å². The highest BCUT2D eigenvalue weighted by Crippen LogP contribution is 2.30. The molecule has 0 spiro atoms. The lowest BCUT2D eigenvalue weighted by atomic mass is 10.0. The number of ether oxygens (including phenoxy) is 1. The van der Waals surface area contributed by atoms with Crippen LogP contribution in [0.25, 0.3) is 10.4 Å². The number of carbonyl (C=O) groups excluding carboxylic acids is 1. The van der Waals surface area contributed by atoms with E-state index in [1.807, 2.05) is 35.7 Å². The van der Waals surface area contributed by atoms with E-state index in [4.69, 9.17) is 16.3 Å². The van der Waals surface area contributed by atoms with Gasteiger partial charge in [0.15, 0.2) is 0 Å². The first-order valence-electron chi connectivity index (χ1n) is 5.68. The van der Waals surface area contributed by atoms with E-state index in [0.717, 1.165) is 16.0 Å². The quantitative estimate of drug-likeness (QED) is 0.786. The Balaban J connectivity index is 2.32. The lowest BCUT2D eigenvalue weighted by Crippen LogP contribution is -2.08. The van der Waals surface area contributed by atoms with Crippen LogP contribution >= 0.6 is 22.9 Å². The Morgan fingerprint density at radius 2 is 2.22 bits per heavy atom. The normalized spacial score (nSPS) is 10.3. The largest absolute Gasteiger partial charge is 0.466 e. The van der Waals surface area contributed by atoms with E-state index in [0.29, 0.717) is 11.6 Å². The first-order chi connectivity index (χ1) is 8.70. The maximum absolute atomic E-state index is 11.6. The summed E-state index contributed by atoms with van der Waals surface area (Å²) in [5.74, 6) is -0.224. The lowest BCUT2D eigenvalue weighted by Gasteiger charge is -2.08. The lowest BCUT2D eigenvalue weighted by molar-refractivity contribution is -0.142. The van der Waals surface area contributed by atoms with Crippen molar-refractivity contribution in [2.75, 3.05) is 6.61 Å². The zero-order valence-corrected chi connectivity index (χ0v) is 11.6. The number of benzene rings is 1. The van der Waals surface area contributed by atoms with Gasteiger partial charge < -0.3 is 4.74 Å². The second-order valence-electron chi connectivity index (χ2n) is 3.76. The molecular formula is C14H13ClO2S. The fraction of sp³-hybridized carbons (Fsp3) is 0.214. The Morgan fingerprint density at radius 1 is 1.39 bits per heavy atom. The summed E-state index contributed by atoms with van der Waals surface area (Å²) < 4.78 is 4.98. The summed E-state index contributed by atoms with van der Waals surface area (Å²) in [7, 11) is 0. The molecule has 0 aliphatic carbocycles. The molecular weight excluding hydrogens is 268 g/mol. The zero-order chi connectivity index (χ0) is 13.0. The predicted molar refractivity (Wildman–Crippen MR) is 75.1 cm³/mol. The van der Waals surface area contributed by atoms with Crippen molar-refractivity contribution >= 4 is 28.9 Å². The van der Waals surface area contributed by atoms with Crippen LogP contribution in [0.2, 0.25) is 5.02 Å². The van der Waals surface area contributed by atoms with Crippen LogP contribution in [-0.4, -0.2) is 12.6 Å². The van der Waals surface area contributed by atoms with Gasteiger partial charge in [-0.3, -0.25) is 4.79 Å². The second-order valence-corrected chi connectivity index (χ2v) is 5.14. The summed E-state index contributed by atoms with van der Waals surface area (Å²) in [6.07, 6.45) is 0.252. The number of esters is 1. The summed E-state index contributed by atoms with van der Waals surface area (Å²) in [5.41, 5.74) is 1.95. The van der Waals surface area contributed by atoms with Gasteiger partial charge in [-0.2, -0.15) is 0 Å². The van der Waals surface area contributed by atoms with Crippen LogP contribution in [0.1, 0.15) is 12.5 Å². The van der Waals surface area contributed by atoms with Crippen LogP contribution in [0.4, 0.5) is 0 Å². The van der Waals surface area contributed by atoms with Crippen molar-refractivity contribution in [3.63, 3.8) is 0 Å². The number of carbonyl (C=O) groups is 1. The molecule has 0 atom stereocenters. The molecule has 18 heavy (non-hydrogen) atoms. The van der Waals surface area contributed by atoms with E-state index in [9.17, 15) is 4.79 Å². The van der Waals surface area contributed by atoms with Crippen molar-refractivity contribution in [1.82, 2.24) is 0 Å². The number of rotatable bonds is 4. The summed E-state index contributed by atoms with van der Waals surface area (Å²) in [4.78, 5) is 12.7. The van der Waals surface area contributed by atoms with Crippen molar-refractivity contribution in [2.24, 2.45) is 0 Å². The fourth-order valence-corrected chi connectivity index (χ4v) is 2.73. The Morgan fingerprint density at radius 3 is 2.89 bits per heavy atom. The van der Waals surface area contributed by atoms with E-state index in [1.165, 1.54) is 0 Å². The maximum atomic E-state index is 11.6. The molecule has 1 aromatic carbocycles. The molecule has 1 heterocycles. The molecule has 0 saturated carbocycles. The van der Waals surface area contributed by atoms with Crippen LogP contribution in [0, 0.1) is 0 Å². The highest BCUT2D eigenvalue weighted by molar-refractivity contribution is 7.13. The minimum atomic E-state index is -0.224. The van der Waals surface area contributed by atoms with Gasteiger partial charge >= 0.3 is 5.97 Å². The average Bonchev–Trinajstić information content (AvgIpc) is 2.83. The first kappa shape index (κ1) is 13.1. The summed E-state index contributed by atoms with van der Waals surface area (Å²) in [6, 6.07) is 9.63.